The lowest BCUT2D eigenvalue weighted by atomic mass is 10.1. The van der Waals surface area contributed by atoms with Crippen LogP contribution in [0.15, 0.2) is 5.16 Å². The van der Waals surface area contributed by atoms with E-state index in [1.807, 2.05) is 6.92 Å². The number of oxime groups is 1. The minimum Gasteiger partial charge on any atom is -0.409 e. The predicted octanol–water partition coefficient (Wildman–Crippen LogP) is 0.00790. The number of rotatable bonds is 5. The van der Waals surface area contributed by atoms with Gasteiger partial charge in [-0.2, -0.15) is 0 Å². The molecular weight excluding hydrogens is 210 g/mol. The first kappa shape index (κ1) is 12.8. The molecule has 1 heterocycles. The summed E-state index contributed by atoms with van der Waals surface area (Å²) >= 11 is 0. The van der Waals surface area contributed by atoms with E-state index in [0.29, 0.717) is 19.8 Å². The quantitative estimate of drug-likeness (QED) is 0.301. The first-order valence-corrected chi connectivity index (χ1v) is 5.52. The van der Waals surface area contributed by atoms with Crippen LogP contribution in [-0.4, -0.2) is 48.2 Å². The number of nitrogens with two attached hydrogens (primary N) is 1. The van der Waals surface area contributed by atoms with Crippen molar-refractivity contribution in [3.8, 4) is 0 Å². The van der Waals surface area contributed by atoms with Gasteiger partial charge >= 0.3 is 0 Å². The second kappa shape index (κ2) is 6.32. The van der Waals surface area contributed by atoms with E-state index in [4.69, 9.17) is 15.7 Å². The molecule has 0 aromatic carbocycles. The van der Waals surface area contributed by atoms with Gasteiger partial charge in [0.2, 0.25) is 5.91 Å². The summed E-state index contributed by atoms with van der Waals surface area (Å²) in [6.07, 6.45) is 1.60. The standard InChI is InChI=1S/C10H19N3O3/c1-2-4-13(6-9(11)12-15)10(14)8-3-5-16-7-8/h8,15H,2-7H2,1H3,(H2,11,12). The van der Waals surface area contributed by atoms with Crippen molar-refractivity contribution in [2.24, 2.45) is 16.8 Å². The van der Waals surface area contributed by atoms with E-state index < -0.39 is 0 Å². The average molecular weight is 229 g/mol. The zero-order chi connectivity index (χ0) is 12.0. The number of hydrogen-bond acceptors (Lipinski definition) is 4. The van der Waals surface area contributed by atoms with E-state index in [9.17, 15) is 4.79 Å². The number of nitrogens with zero attached hydrogens (tertiary/aromatic N) is 2. The van der Waals surface area contributed by atoms with Gasteiger partial charge in [-0.3, -0.25) is 4.79 Å². The summed E-state index contributed by atoms with van der Waals surface area (Å²) in [5.41, 5.74) is 5.42. The van der Waals surface area contributed by atoms with Crippen LogP contribution in [0.5, 0.6) is 0 Å². The summed E-state index contributed by atoms with van der Waals surface area (Å²) in [6, 6.07) is 0. The molecule has 0 saturated carbocycles. The molecule has 92 valence electrons. The van der Waals surface area contributed by atoms with Crippen LogP contribution < -0.4 is 5.73 Å². The molecule has 1 atom stereocenters. The Labute approximate surface area is 95.0 Å². The highest BCUT2D eigenvalue weighted by Gasteiger charge is 2.27. The Morgan fingerprint density at radius 1 is 1.69 bits per heavy atom. The lowest BCUT2D eigenvalue weighted by molar-refractivity contribution is -0.134. The van der Waals surface area contributed by atoms with Crippen LogP contribution in [0.3, 0.4) is 0 Å². The fourth-order valence-electron chi connectivity index (χ4n) is 1.75. The zero-order valence-electron chi connectivity index (χ0n) is 9.56. The van der Waals surface area contributed by atoms with Crippen LogP contribution in [0.1, 0.15) is 19.8 Å². The topological polar surface area (TPSA) is 88.1 Å². The minimum absolute atomic E-state index is 0.0333. The maximum atomic E-state index is 12.0. The molecule has 3 N–H and O–H groups in total. The Bertz CT molecular complexity index is 262. The van der Waals surface area contributed by atoms with E-state index in [-0.39, 0.29) is 24.2 Å². The smallest absolute Gasteiger partial charge is 0.228 e. The first-order valence-electron chi connectivity index (χ1n) is 5.52. The summed E-state index contributed by atoms with van der Waals surface area (Å²) in [4.78, 5) is 13.7. The molecule has 0 spiro atoms. The van der Waals surface area contributed by atoms with Crippen molar-refractivity contribution in [1.29, 1.82) is 0 Å². The van der Waals surface area contributed by atoms with E-state index in [1.165, 1.54) is 0 Å². The third kappa shape index (κ3) is 3.37. The lowest BCUT2D eigenvalue weighted by Gasteiger charge is -2.23. The highest BCUT2D eigenvalue weighted by Crippen LogP contribution is 2.15. The van der Waals surface area contributed by atoms with Crippen molar-refractivity contribution in [3.05, 3.63) is 0 Å². The van der Waals surface area contributed by atoms with E-state index >= 15 is 0 Å². The van der Waals surface area contributed by atoms with Crippen molar-refractivity contribution in [1.82, 2.24) is 4.90 Å². The molecule has 1 aliphatic rings. The molecule has 0 aliphatic carbocycles. The summed E-state index contributed by atoms with van der Waals surface area (Å²) in [7, 11) is 0. The monoisotopic (exact) mass is 229 g/mol. The Kier molecular flexibility index (Phi) is 5.04. The largest absolute Gasteiger partial charge is 0.409 e. The minimum atomic E-state index is -0.0713. The molecule has 1 unspecified atom stereocenters. The van der Waals surface area contributed by atoms with E-state index in [1.54, 1.807) is 4.90 Å². The van der Waals surface area contributed by atoms with Crippen molar-refractivity contribution in [2.75, 3.05) is 26.3 Å². The fraction of sp³-hybridized carbons (Fsp3) is 0.800. The molecule has 1 aliphatic heterocycles. The SMILES string of the molecule is CCCN(CC(N)=NO)C(=O)C1CCOC1. The molecule has 1 amide bonds. The highest BCUT2D eigenvalue weighted by molar-refractivity contribution is 5.87. The Morgan fingerprint density at radius 3 is 2.94 bits per heavy atom. The van der Waals surface area contributed by atoms with Crippen LogP contribution in [0.25, 0.3) is 0 Å². The van der Waals surface area contributed by atoms with Crippen LogP contribution >= 0.6 is 0 Å². The maximum Gasteiger partial charge on any atom is 0.228 e. The van der Waals surface area contributed by atoms with Gasteiger partial charge < -0.3 is 20.6 Å². The van der Waals surface area contributed by atoms with Gasteiger partial charge in [-0.05, 0) is 12.8 Å². The van der Waals surface area contributed by atoms with Gasteiger partial charge in [-0.1, -0.05) is 12.1 Å². The number of carbonyl (C=O) groups is 1. The first-order chi connectivity index (χ1) is 7.69. The lowest BCUT2D eigenvalue weighted by Crippen LogP contribution is -2.42. The van der Waals surface area contributed by atoms with Crippen LogP contribution in [0, 0.1) is 5.92 Å². The molecule has 16 heavy (non-hydrogen) atoms. The van der Waals surface area contributed by atoms with Crippen molar-refractivity contribution in [3.63, 3.8) is 0 Å². The van der Waals surface area contributed by atoms with Crippen LogP contribution in [-0.2, 0) is 9.53 Å². The number of ether oxygens (including phenoxy) is 1. The second-order valence-corrected chi connectivity index (χ2v) is 3.91. The summed E-state index contributed by atoms with van der Waals surface area (Å²) < 4.78 is 5.18. The summed E-state index contributed by atoms with van der Waals surface area (Å²) in [6.45, 7) is 3.90. The van der Waals surface area contributed by atoms with E-state index in [0.717, 1.165) is 12.8 Å². The maximum absolute atomic E-state index is 12.0. The molecule has 1 fully saturated rings. The molecule has 0 aromatic rings. The van der Waals surface area contributed by atoms with Crippen LogP contribution in [0.2, 0.25) is 0 Å². The molecule has 1 rings (SSSR count). The van der Waals surface area contributed by atoms with Gasteiger partial charge in [0.25, 0.3) is 0 Å². The normalized spacial score (nSPS) is 21.1. The third-order valence-corrected chi connectivity index (χ3v) is 2.57. The van der Waals surface area contributed by atoms with Gasteiger partial charge in [0.05, 0.1) is 19.1 Å². The fourth-order valence-corrected chi connectivity index (χ4v) is 1.75. The number of carbonyl (C=O) groups excluding carboxylic acids is 1. The molecular formula is C10H19N3O3. The Balaban J connectivity index is 2.57. The second-order valence-electron chi connectivity index (χ2n) is 3.91. The van der Waals surface area contributed by atoms with Gasteiger partial charge in [-0.15, -0.1) is 0 Å². The highest BCUT2D eigenvalue weighted by atomic mass is 16.5. The summed E-state index contributed by atoms with van der Waals surface area (Å²) in [5.74, 6) is 0.0182. The predicted molar refractivity (Wildman–Crippen MR) is 59.2 cm³/mol. The summed E-state index contributed by atoms with van der Waals surface area (Å²) in [5, 5.41) is 11.4. The zero-order valence-corrected chi connectivity index (χ0v) is 9.56. The van der Waals surface area contributed by atoms with Crippen molar-refractivity contribution in [2.45, 2.75) is 19.8 Å². The van der Waals surface area contributed by atoms with Gasteiger partial charge in [0.1, 0.15) is 0 Å². The van der Waals surface area contributed by atoms with Gasteiger partial charge in [0, 0.05) is 13.2 Å². The number of amidine groups is 1. The average Bonchev–Trinajstić information content (AvgIpc) is 2.80. The van der Waals surface area contributed by atoms with Crippen LogP contribution in [0.4, 0.5) is 0 Å². The number of amides is 1. The number of hydrogen-bond donors (Lipinski definition) is 2. The molecule has 6 nitrogen and oxygen atoms in total. The third-order valence-electron chi connectivity index (χ3n) is 2.57. The molecule has 1 saturated heterocycles. The Hall–Kier alpha value is -1.30. The molecule has 0 aromatic heterocycles. The Morgan fingerprint density at radius 2 is 2.44 bits per heavy atom. The van der Waals surface area contributed by atoms with Gasteiger partial charge in [-0.25, -0.2) is 0 Å². The molecule has 0 radical (unpaired) electrons. The van der Waals surface area contributed by atoms with E-state index in [2.05, 4.69) is 5.16 Å². The van der Waals surface area contributed by atoms with Crippen molar-refractivity contribution >= 4 is 11.7 Å². The van der Waals surface area contributed by atoms with Gasteiger partial charge in [0.15, 0.2) is 5.84 Å². The molecule has 0 bridgehead atoms. The molecule has 6 heteroatoms. The van der Waals surface area contributed by atoms with Crippen molar-refractivity contribution < 1.29 is 14.7 Å².